The maximum Gasteiger partial charge on any atom is 0.104 e. The van der Waals surface area contributed by atoms with Gasteiger partial charge in [0.25, 0.3) is 0 Å². The summed E-state index contributed by atoms with van der Waals surface area (Å²) in [7, 11) is 3.26. The molecule has 1 rings (SSSR count). The first kappa shape index (κ1) is 18.7. The first-order valence-corrected chi connectivity index (χ1v) is 6.37. The Bertz CT molecular complexity index is 180. The molecule has 1 heterocycles. The lowest BCUT2D eigenvalue weighted by atomic mass is 10.4. The summed E-state index contributed by atoms with van der Waals surface area (Å²) in [4.78, 5) is 0. The average molecular weight is 281 g/mol. The summed E-state index contributed by atoms with van der Waals surface area (Å²) in [6.07, 6.45) is -0.168. The highest BCUT2D eigenvalue weighted by molar-refractivity contribution is 4.66. The van der Waals surface area contributed by atoms with Gasteiger partial charge in [-0.05, 0) is 0 Å². The number of aliphatic hydroxyl groups is 1. The van der Waals surface area contributed by atoms with Crippen LogP contribution in [0.15, 0.2) is 0 Å². The molecule has 1 fully saturated rings. The molecule has 2 atom stereocenters. The molecule has 7 nitrogen and oxygen atoms in total. The molecule has 0 radical (unpaired) electrons. The van der Waals surface area contributed by atoms with Crippen LogP contribution in [0.3, 0.4) is 0 Å². The third-order valence-electron chi connectivity index (χ3n) is 2.15. The van der Waals surface area contributed by atoms with E-state index in [0.717, 1.165) is 13.2 Å². The van der Waals surface area contributed by atoms with Gasteiger partial charge >= 0.3 is 0 Å². The van der Waals surface area contributed by atoms with Gasteiger partial charge in [-0.3, -0.25) is 0 Å². The van der Waals surface area contributed by atoms with Crippen molar-refractivity contribution >= 4 is 0 Å². The Morgan fingerprint density at radius 2 is 1.74 bits per heavy atom. The van der Waals surface area contributed by atoms with Crippen LogP contribution in [0, 0.1) is 0 Å². The van der Waals surface area contributed by atoms with Crippen molar-refractivity contribution in [2.45, 2.75) is 12.2 Å². The third-order valence-corrected chi connectivity index (χ3v) is 2.15. The fourth-order valence-electron chi connectivity index (χ4n) is 0.951. The van der Waals surface area contributed by atoms with Crippen molar-refractivity contribution in [2.75, 3.05) is 67.0 Å². The van der Waals surface area contributed by atoms with Crippen LogP contribution in [0.5, 0.6) is 0 Å². The molecule has 0 aliphatic carbocycles. The zero-order valence-corrected chi connectivity index (χ0v) is 11.9. The standard InChI is InChI=1S/C6H15NO3.C6H12O3/c1-9-2-3-10-5-6(8)4-7;1-7-2-3-8-4-6-5-9-6/h6,8H,2-5,7H2,1H3;6H,2-5H2,1H3. The van der Waals surface area contributed by atoms with Gasteiger partial charge in [0.15, 0.2) is 0 Å². The molecule has 0 aromatic heterocycles. The van der Waals surface area contributed by atoms with Gasteiger partial charge in [-0.15, -0.1) is 0 Å². The van der Waals surface area contributed by atoms with E-state index < -0.39 is 6.10 Å². The van der Waals surface area contributed by atoms with E-state index in [4.69, 9.17) is 34.5 Å². The summed E-state index contributed by atoms with van der Waals surface area (Å²) in [5, 5.41) is 8.87. The SMILES string of the molecule is COCCOCC(O)CN.COCCOCC1CO1. The second kappa shape index (κ2) is 14.1. The van der Waals surface area contributed by atoms with E-state index in [1.165, 1.54) is 0 Å². The second-order valence-electron chi connectivity index (χ2n) is 3.98. The van der Waals surface area contributed by atoms with Crippen molar-refractivity contribution in [1.82, 2.24) is 0 Å². The minimum Gasteiger partial charge on any atom is -0.389 e. The van der Waals surface area contributed by atoms with Crippen molar-refractivity contribution in [2.24, 2.45) is 5.73 Å². The Labute approximate surface area is 114 Å². The van der Waals surface area contributed by atoms with Gasteiger partial charge in [0.2, 0.25) is 0 Å². The zero-order valence-electron chi connectivity index (χ0n) is 11.9. The van der Waals surface area contributed by atoms with E-state index in [9.17, 15) is 0 Å². The Kier molecular flexibility index (Phi) is 13.9. The van der Waals surface area contributed by atoms with E-state index in [1.54, 1.807) is 14.2 Å². The van der Waals surface area contributed by atoms with Crippen LogP contribution >= 0.6 is 0 Å². The highest BCUT2D eigenvalue weighted by atomic mass is 16.6. The quantitative estimate of drug-likeness (QED) is 0.371. The van der Waals surface area contributed by atoms with Crippen molar-refractivity contribution in [3.63, 3.8) is 0 Å². The molecule has 116 valence electrons. The van der Waals surface area contributed by atoms with Crippen LogP contribution in [0.4, 0.5) is 0 Å². The molecule has 0 bridgehead atoms. The Balaban J connectivity index is 0.000000342. The number of hydrogen-bond donors (Lipinski definition) is 2. The van der Waals surface area contributed by atoms with E-state index >= 15 is 0 Å². The van der Waals surface area contributed by atoms with E-state index in [1.807, 2.05) is 0 Å². The molecule has 0 saturated carbocycles. The molecule has 2 unspecified atom stereocenters. The zero-order chi connectivity index (χ0) is 14.3. The minimum atomic E-state index is -0.545. The molecule has 0 aromatic carbocycles. The Hall–Kier alpha value is -0.280. The van der Waals surface area contributed by atoms with Crippen LogP contribution < -0.4 is 5.73 Å². The number of hydrogen-bond acceptors (Lipinski definition) is 7. The lowest BCUT2D eigenvalue weighted by molar-refractivity contribution is 0.0168. The van der Waals surface area contributed by atoms with Crippen molar-refractivity contribution in [1.29, 1.82) is 0 Å². The van der Waals surface area contributed by atoms with Gasteiger partial charge in [-0.1, -0.05) is 0 Å². The Morgan fingerprint density at radius 3 is 2.21 bits per heavy atom. The molecule has 7 heteroatoms. The molecule has 3 N–H and O–H groups in total. The molecule has 19 heavy (non-hydrogen) atoms. The Morgan fingerprint density at radius 1 is 1.16 bits per heavy atom. The lowest BCUT2D eigenvalue weighted by Gasteiger charge is -2.07. The summed E-state index contributed by atoms with van der Waals surface area (Å²) in [6, 6.07) is 0. The van der Waals surface area contributed by atoms with Crippen LogP contribution in [0.1, 0.15) is 0 Å². The number of epoxide rings is 1. The van der Waals surface area contributed by atoms with Crippen molar-refractivity contribution < 1.29 is 28.8 Å². The molecule has 1 aliphatic heterocycles. The summed E-state index contributed by atoms with van der Waals surface area (Å²) < 4.78 is 24.5. The van der Waals surface area contributed by atoms with Gasteiger partial charge in [0, 0.05) is 20.8 Å². The molecular weight excluding hydrogens is 254 g/mol. The van der Waals surface area contributed by atoms with E-state index in [2.05, 4.69) is 0 Å². The summed E-state index contributed by atoms with van der Waals surface area (Å²) in [5.41, 5.74) is 5.13. The number of ether oxygens (including phenoxy) is 5. The molecule has 1 saturated heterocycles. The fourth-order valence-corrected chi connectivity index (χ4v) is 0.951. The van der Waals surface area contributed by atoms with Crippen molar-refractivity contribution in [3.8, 4) is 0 Å². The van der Waals surface area contributed by atoms with Crippen LogP contribution in [-0.2, 0) is 23.7 Å². The maximum atomic E-state index is 8.87. The molecule has 0 spiro atoms. The molecule has 0 aromatic rings. The molecular formula is C12H27NO6. The second-order valence-corrected chi connectivity index (χ2v) is 3.98. The first-order chi connectivity index (χ1) is 9.24. The monoisotopic (exact) mass is 281 g/mol. The van der Waals surface area contributed by atoms with Gasteiger partial charge in [0.1, 0.15) is 6.10 Å². The number of nitrogens with two attached hydrogens (primary N) is 1. The topological polar surface area (TPSA) is 95.7 Å². The summed E-state index contributed by atoms with van der Waals surface area (Å²) in [6.45, 7) is 4.54. The number of rotatable bonds is 11. The van der Waals surface area contributed by atoms with Crippen LogP contribution in [0.25, 0.3) is 0 Å². The summed E-state index contributed by atoms with van der Waals surface area (Å²) in [5.74, 6) is 0. The minimum absolute atomic E-state index is 0.243. The predicted octanol–water partition coefficient (Wildman–Crippen LogP) is -0.983. The highest BCUT2D eigenvalue weighted by Crippen LogP contribution is 2.07. The smallest absolute Gasteiger partial charge is 0.104 e. The van der Waals surface area contributed by atoms with Gasteiger partial charge in [-0.2, -0.15) is 0 Å². The summed E-state index contributed by atoms with van der Waals surface area (Å²) >= 11 is 0. The van der Waals surface area contributed by atoms with Gasteiger partial charge < -0.3 is 34.5 Å². The third kappa shape index (κ3) is 15.7. The van der Waals surface area contributed by atoms with Gasteiger partial charge in [-0.25, -0.2) is 0 Å². The highest BCUT2D eigenvalue weighted by Gasteiger charge is 2.21. The molecule has 0 amide bonds. The van der Waals surface area contributed by atoms with E-state index in [-0.39, 0.29) is 6.54 Å². The number of methoxy groups -OCH3 is 2. The average Bonchev–Trinajstić information content (AvgIpc) is 3.24. The van der Waals surface area contributed by atoms with Crippen LogP contribution in [0.2, 0.25) is 0 Å². The lowest BCUT2D eigenvalue weighted by Crippen LogP contribution is -2.25. The largest absolute Gasteiger partial charge is 0.389 e. The van der Waals surface area contributed by atoms with Crippen molar-refractivity contribution in [3.05, 3.63) is 0 Å². The maximum absolute atomic E-state index is 8.87. The predicted molar refractivity (Wildman–Crippen MR) is 70.2 cm³/mol. The number of aliphatic hydroxyl groups excluding tert-OH is 1. The van der Waals surface area contributed by atoms with Gasteiger partial charge in [0.05, 0.1) is 52.4 Å². The molecule has 1 aliphatic rings. The van der Waals surface area contributed by atoms with Crippen LogP contribution in [-0.4, -0.2) is 84.3 Å². The fraction of sp³-hybridized carbons (Fsp3) is 1.00. The first-order valence-electron chi connectivity index (χ1n) is 6.37. The normalized spacial score (nSPS) is 18.6. The van der Waals surface area contributed by atoms with E-state index in [0.29, 0.717) is 39.1 Å².